The van der Waals surface area contributed by atoms with Crippen LogP contribution in [0.25, 0.3) is 11.1 Å². The lowest BCUT2D eigenvalue weighted by atomic mass is 10.00. The average molecular weight is 266 g/mol. The Kier molecular flexibility index (Phi) is 2.69. The molecule has 2 heteroatoms. The highest BCUT2D eigenvalue weighted by molar-refractivity contribution is 5.64. The molecule has 0 aromatic heterocycles. The molecule has 4 rings (SSSR count). The third kappa shape index (κ3) is 2.15. The molecule has 0 N–H and O–H groups in total. The average Bonchev–Trinajstić information content (AvgIpc) is 3.38. The number of hydrogen-bond donors (Lipinski definition) is 0. The van der Waals surface area contributed by atoms with Gasteiger partial charge >= 0.3 is 0 Å². The third-order valence-electron chi connectivity index (χ3n) is 4.23. The van der Waals surface area contributed by atoms with Gasteiger partial charge in [-0.1, -0.05) is 48.5 Å². The summed E-state index contributed by atoms with van der Waals surface area (Å²) >= 11 is 0. The van der Waals surface area contributed by atoms with Crippen molar-refractivity contribution in [1.29, 1.82) is 0 Å². The molecule has 0 aliphatic carbocycles. The van der Waals surface area contributed by atoms with E-state index in [0.29, 0.717) is 24.4 Å². The maximum Gasteiger partial charge on any atom is 0.109 e. The maximum absolute atomic E-state index is 5.49. The smallest absolute Gasteiger partial charge is 0.109 e. The van der Waals surface area contributed by atoms with E-state index in [2.05, 4.69) is 62.4 Å². The van der Waals surface area contributed by atoms with Gasteiger partial charge in [0.1, 0.15) is 12.2 Å². The lowest BCUT2D eigenvalue weighted by Crippen LogP contribution is -1.86. The third-order valence-corrected chi connectivity index (χ3v) is 4.23. The van der Waals surface area contributed by atoms with Crippen molar-refractivity contribution in [3.05, 3.63) is 59.7 Å². The molecule has 2 aromatic carbocycles. The van der Waals surface area contributed by atoms with Gasteiger partial charge in [-0.3, -0.25) is 0 Å². The van der Waals surface area contributed by atoms with E-state index < -0.39 is 0 Å². The lowest BCUT2D eigenvalue weighted by molar-refractivity contribution is 0.383. The van der Waals surface area contributed by atoms with Crippen LogP contribution < -0.4 is 0 Å². The van der Waals surface area contributed by atoms with E-state index in [4.69, 9.17) is 9.47 Å². The van der Waals surface area contributed by atoms with E-state index in [1.54, 1.807) is 0 Å². The molecular weight excluding hydrogens is 248 g/mol. The van der Waals surface area contributed by atoms with E-state index >= 15 is 0 Å². The minimum absolute atomic E-state index is 0.305. The van der Waals surface area contributed by atoms with Gasteiger partial charge in [0.25, 0.3) is 0 Å². The summed E-state index contributed by atoms with van der Waals surface area (Å²) in [5.74, 6) is 0. The van der Waals surface area contributed by atoms with E-state index in [-0.39, 0.29) is 0 Å². The summed E-state index contributed by atoms with van der Waals surface area (Å²) in [7, 11) is 0. The summed E-state index contributed by atoms with van der Waals surface area (Å²) in [6, 6.07) is 17.4. The highest BCUT2D eigenvalue weighted by Gasteiger charge is 2.36. The Labute approximate surface area is 119 Å². The van der Waals surface area contributed by atoms with Crippen LogP contribution >= 0.6 is 0 Å². The topological polar surface area (TPSA) is 25.1 Å². The molecule has 20 heavy (non-hydrogen) atoms. The highest BCUT2D eigenvalue weighted by atomic mass is 16.6. The van der Waals surface area contributed by atoms with E-state index in [0.717, 1.165) is 0 Å². The second-order valence-electron chi connectivity index (χ2n) is 5.77. The number of hydrogen-bond acceptors (Lipinski definition) is 2. The van der Waals surface area contributed by atoms with Crippen LogP contribution in [-0.2, 0) is 9.47 Å². The van der Waals surface area contributed by atoms with Crippen molar-refractivity contribution >= 4 is 0 Å². The molecule has 2 aromatic rings. The monoisotopic (exact) mass is 266 g/mol. The van der Waals surface area contributed by atoms with Crippen LogP contribution in [0.4, 0.5) is 0 Å². The molecule has 0 saturated carbocycles. The van der Waals surface area contributed by atoms with E-state index in [9.17, 15) is 0 Å². The van der Waals surface area contributed by atoms with Crippen molar-refractivity contribution in [2.75, 3.05) is 0 Å². The first-order valence-corrected chi connectivity index (χ1v) is 7.23. The van der Waals surface area contributed by atoms with Crippen LogP contribution in [0.5, 0.6) is 0 Å². The van der Waals surface area contributed by atoms with Crippen molar-refractivity contribution in [2.24, 2.45) is 0 Å². The fourth-order valence-electron chi connectivity index (χ4n) is 2.80. The van der Waals surface area contributed by atoms with Crippen LogP contribution in [0.2, 0.25) is 0 Å². The number of rotatable bonds is 3. The zero-order valence-corrected chi connectivity index (χ0v) is 11.7. The zero-order valence-electron chi connectivity index (χ0n) is 11.7. The molecule has 4 atom stereocenters. The summed E-state index contributed by atoms with van der Waals surface area (Å²) in [6.07, 6.45) is 1.36. The molecule has 0 amide bonds. The molecule has 102 valence electrons. The van der Waals surface area contributed by atoms with Crippen LogP contribution in [0.15, 0.2) is 48.5 Å². The van der Waals surface area contributed by atoms with Crippen molar-refractivity contribution in [3.8, 4) is 11.1 Å². The summed E-state index contributed by atoms with van der Waals surface area (Å²) in [5, 5.41) is 0. The molecule has 2 aliphatic rings. The fourth-order valence-corrected chi connectivity index (χ4v) is 2.80. The first-order chi connectivity index (χ1) is 9.72. The number of ether oxygens (including phenoxy) is 2. The van der Waals surface area contributed by atoms with Crippen molar-refractivity contribution in [1.82, 2.24) is 0 Å². The van der Waals surface area contributed by atoms with Crippen LogP contribution in [0, 0.1) is 0 Å². The Balaban J connectivity index is 1.54. The quantitative estimate of drug-likeness (QED) is 0.775. The van der Waals surface area contributed by atoms with Gasteiger partial charge in [0.05, 0.1) is 12.2 Å². The first kappa shape index (κ1) is 12.1. The molecule has 0 radical (unpaired) electrons. The SMILES string of the molecule is C[C@@H]1O[C@@H]1c1ccc(-c2ccc([C@@H]3O[C@@H]3C)cc2)cc1. The predicted molar refractivity (Wildman–Crippen MR) is 78.5 cm³/mol. The molecule has 2 fully saturated rings. The summed E-state index contributed by atoms with van der Waals surface area (Å²) in [5.41, 5.74) is 5.05. The van der Waals surface area contributed by atoms with Gasteiger partial charge < -0.3 is 9.47 Å². The number of benzene rings is 2. The van der Waals surface area contributed by atoms with Crippen LogP contribution in [-0.4, -0.2) is 12.2 Å². The Bertz CT molecular complexity index is 557. The van der Waals surface area contributed by atoms with Gasteiger partial charge in [-0.25, -0.2) is 0 Å². The fraction of sp³-hybridized carbons (Fsp3) is 0.333. The molecule has 2 nitrogen and oxygen atoms in total. The minimum atomic E-state index is 0.305. The van der Waals surface area contributed by atoms with Gasteiger partial charge in [0.15, 0.2) is 0 Å². The standard InChI is InChI=1S/C18H18O2/c1-11-17(19-11)15-7-3-13(4-8-15)14-5-9-16(10-6-14)18-12(2)20-18/h3-12,17-18H,1-2H3/t11-,12+,17-,18+. The lowest BCUT2D eigenvalue weighted by Gasteiger charge is -2.04. The molecule has 2 saturated heterocycles. The normalized spacial score (nSPS) is 31.1. The Morgan fingerprint density at radius 1 is 0.600 bits per heavy atom. The Hall–Kier alpha value is -1.64. The van der Waals surface area contributed by atoms with Gasteiger partial charge in [0, 0.05) is 0 Å². The summed E-state index contributed by atoms with van der Waals surface area (Å²) < 4.78 is 11.0. The molecule has 0 bridgehead atoms. The Morgan fingerprint density at radius 3 is 1.15 bits per heavy atom. The first-order valence-electron chi connectivity index (χ1n) is 7.23. The molecule has 2 heterocycles. The zero-order chi connectivity index (χ0) is 13.7. The van der Waals surface area contributed by atoms with Crippen molar-refractivity contribution in [3.63, 3.8) is 0 Å². The predicted octanol–water partition coefficient (Wildman–Crippen LogP) is 4.27. The van der Waals surface area contributed by atoms with Crippen molar-refractivity contribution in [2.45, 2.75) is 38.3 Å². The summed E-state index contributed by atoms with van der Waals surface area (Å²) in [6.45, 7) is 4.22. The van der Waals surface area contributed by atoms with Gasteiger partial charge in [-0.2, -0.15) is 0 Å². The van der Waals surface area contributed by atoms with Crippen LogP contribution in [0.3, 0.4) is 0 Å². The highest BCUT2D eigenvalue weighted by Crippen LogP contribution is 2.40. The molecule has 0 spiro atoms. The summed E-state index contributed by atoms with van der Waals surface area (Å²) in [4.78, 5) is 0. The van der Waals surface area contributed by atoms with E-state index in [1.165, 1.54) is 22.3 Å². The van der Waals surface area contributed by atoms with Gasteiger partial charge in [-0.15, -0.1) is 0 Å². The minimum Gasteiger partial charge on any atom is -0.365 e. The molecule has 0 unspecified atom stereocenters. The second kappa shape index (κ2) is 4.44. The van der Waals surface area contributed by atoms with Gasteiger partial charge in [0.2, 0.25) is 0 Å². The number of epoxide rings is 2. The van der Waals surface area contributed by atoms with Crippen LogP contribution in [0.1, 0.15) is 37.2 Å². The maximum atomic E-state index is 5.49. The largest absolute Gasteiger partial charge is 0.365 e. The Morgan fingerprint density at radius 2 is 0.900 bits per heavy atom. The van der Waals surface area contributed by atoms with Crippen molar-refractivity contribution < 1.29 is 9.47 Å². The molecule has 2 aliphatic heterocycles. The van der Waals surface area contributed by atoms with E-state index in [1.807, 2.05) is 0 Å². The second-order valence-corrected chi connectivity index (χ2v) is 5.77. The molecular formula is C18H18O2. The van der Waals surface area contributed by atoms with Gasteiger partial charge in [-0.05, 0) is 36.1 Å².